The minimum atomic E-state index is -3.55. The zero-order valence-corrected chi connectivity index (χ0v) is 24.2. The minimum Gasteiger partial charge on any atom is -0.340 e. The summed E-state index contributed by atoms with van der Waals surface area (Å²) in [5.41, 5.74) is 4.14. The molecule has 8 heteroatoms. The number of aromatic nitrogens is 2. The number of rotatable bonds is 6. The molecule has 0 aliphatic carbocycles. The van der Waals surface area contributed by atoms with E-state index in [2.05, 4.69) is 57.0 Å². The molecule has 1 aromatic heterocycles. The molecule has 4 aromatic rings. The standard InChI is InChI=1S/C31H37N5O2S/c1-22-10-14-25(15-11-22)32-30-27-8-6-7-9-28(27)33-29(34-30)23(2)35-18-20-36(21-19-35)39(37,38)26-16-12-24(13-17-26)31(3,4)5/h6-17,23H,18-21H2,1-5H3,(H,32,33,34)/t23-/m0/s1. The Hall–Kier alpha value is -3.33. The summed E-state index contributed by atoms with van der Waals surface area (Å²) in [5, 5.41) is 4.43. The molecule has 1 aliphatic rings. The fraction of sp³-hybridized carbons (Fsp3) is 0.355. The van der Waals surface area contributed by atoms with Crippen LogP contribution in [0.2, 0.25) is 0 Å². The normalized spacial score (nSPS) is 16.3. The SMILES string of the molecule is Cc1ccc(Nc2nc([C@H](C)N3CCN(S(=O)(=O)c4ccc(C(C)(C)C)cc4)CC3)nc3ccccc23)cc1. The third-order valence-electron chi connectivity index (χ3n) is 7.49. The summed E-state index contributed by atoms with van der Waals surface area (Å²) in [6.45, 7) is 12.6. The van der Waals surface area contributed by atoms with Crippen LogP contribution in [0.4, 0.5) is 11.5 Å². The van der Waals surface area contributed by atoms with E-state index in [1.807, 2.05) is 48.5 Å². The molecule has 1 atom stereocenters. The Kier molecular flexibility index (Phi) is 7.46. The Morgan fingerprint density at radius 2 is 1.49 bits per heavy atom. The Bertz CT molecular complexity index is 1550. The van der Waals surface area contributed by atoms with Crippen LogP contribution < -0.4 is 5.32 Å². The van der Waals surface area contributed by atoms with Crippen molar-refractivity contribution in [2.24, 2.45) is 0 Å². The molecule has 1 aliphatic heterocycles. The maximum atomic E-state index is 13.4. The van der Waals surface area contributed by atoms with E-state index in [1.54, 1.807) is 16.4 Å². The predicted octanol–water partition coefficient (Wildman–Crippen LogP) is 6.05. The van der Waals surface area contributed by atoms with Gasteiger partial charge < -0.3 is 5.32 Å². The molecule has 0 spiro atoms. The number of benzene rings is 3. The largest absolute Gasteiger partial charge is 0.340 e. The molecule has 2 heterocycles. The van der Waals surface area contributed by atoms with Crippen LogP contribution in [-0.4, -0.2) is 53.8 Å². The number of fused-ring (bicyclic) bond motifs is 1. The third kappa shape index (κ3) is 5.83. The first-order valence-corrected chi connectivity index (χ1v) is 14.9. The van der Waals surface area contributed by atoms with E-state index < -0.39 is 10.0 Å². The van der Waals surface area contributed by atoms with Crippen LogP contribution in [0.15, 0.2) is 77.7 Å². The van der Waals surface area contributed by atoms with Gasteiger partial charge in [0.15, 0.2) is 0 Å². The molecule has 39 heavy (non-hydrogen) atoms. The molecule has 7 nitrogen and oxygen atoms in total. The van der Waals surface area contributed by atoms with Crippen LogP contribution in [-0.2, 0) is 15.4 Å². The van der Waals surface area contributed by atoms with Crippen LogP contribution in [0.1, 0.15) is 50.7 Å². The van der Waals surface area contributed by atoms with Gasteiger partial charge in [-0.3, -0.25) is 4.90 Å². The third-order valence-corrected chi connectivity index (χ3v) is 9.40. The zero-order valence-electron chi connectivity index (χ0n) is 23.3. The van der Waals surface area contributed by atoms with E-state index in [4.69, 9.17) is 9.97 Å². The first-order valence-electron chi connectivity index (χ1n) is 13.5. The van der Waals surface area contributed by atoms with E-state index in [1.165, 1.54) is 5.56 Å². The van der Waals surface area contributed by atoms with Gasteiger partial charge in [0.05, 0.1) is 16.5 Å². The molecule has 0 unspecified atom stereocenters. The number of nitrogens with zero attached hydrogens (tertiary/aromatic N) is 4. The highest BCUT2D eigenvalue weighted by Crippen LogP contribution is 2.29. The number of anilines is 2. The van der Waals surface area contributed by atoms with E-state index in [9.17, 15) is 8.42 Å². The predicted molar refractivity (Wildman–Crippen MR) is 158 cm³/mol. The van der Waals surface area contributed by atoms with Crippen LogP contribution in [0.25, 0.3) is 10.9 Å². The Labute approximate surface area is 232 Å². The summed E-state index contributed by atoms with van der Waals surface area (Å²) < 4.78 is 28.3. The lowest BCUT2D eigenvalue weighted by molar-refractivity contribution is 0.141. The van der Waals surface area contributed by atoms with Crippen LogP contribution in [0.3, 0.4) is 0 Å². The van der Waals surface area contributed by atoms with Crippen molar-refractivity contribution in [1.82, 2.24) is 19.2 Å². The number of aryl methyl sites for hydroxylation is 1. The van der Waals surface area contributed by atoms with Crippen molar-refractivity contribution >= 4 is 32.4 Å². The molecule has 0 saturated carbocycles. The topological polar surface area (TPSA) is 78.4 Å². The average molecular weight is 544 g/mol. The molecule has 0 radical (unpaired) electrons. The van der Waals surface area contributed by atoms with E-state index in [-0.39, 0.29) is 11.5 Å². The molecule has 1 N–H and O–H groups in total. The lowest BCUT2D eigenvalue weighted by atomic mass is 9.87. The Morgan fingerprint density at radius 3 is 2.13 bits per heavy atom. The molecule has 5 rings (SSSR count). The molecule has 3 aromatic carbocycles. The quantitative estimate of drug-likeness (QED) is 0.319. The highest BCUT2D eigenvalue weighted by atomic mass is 32.2. The molecule has 1 fully saturated rings. The highest BCUT2D eigenvalue weighted by Gasteiger charge is 2.31. The van der Waals surface area contributed by atoms with Crippen molar-refractivity contribution in [3.63, 3.8) is 0 Å². The van der Waals surface area contributed by atoms with Gasteiger partial charge in [-0.15, -0.1) is 0 Å². The number of piperazine rings is 1. The summed E-state index contributed by atoms with van der Waals surface area (Å²) >= 11 is 0. The molecule has 1 saturated heterocycles. The summed E-state index contributed by atoms with van der Waals surface area (Å²) in [7, 11) is -3.55. The molecule has 0 bridgehead atoms. The molecular formula is C31H37N5O2S. The second kappa shape index (κ2) is 10.7. The van der Waals surface area contributed by atoms with Gasteiger partial charge in [0.2, 0.25) is 10.0 Å². The molecule has 204 valence electrons. The fourth-order valence-electron chi connectivity index (χ4n) is 4.92. The fourth-order valence-corrected chi connectivity index (χ4v) is 6.34. The lowest BCUT2D eigenvalue weighted by Crippen LogP contribution is -2.49. The van der Waals surface area contributed by atoms with Crippen molar-refractivity contribution in [2.75, 3.05) is 31.5 Å². The first-order chi connectivity index (χ1) is 18.5. The van der Waals surface area contributed by atoms with Gasteiger partial charge >= 0.3 is 0 Å². The van der Waals surface area contributed by atoms with Gasteiger partial charge in [-0.25, -0.2) is 18.4 Å². The summed E-state index contributed by atoms with van der Waals surface area (Å²) in [4.78, 5) is 12.4. The van der Waals surface area contributed by atoms with E-state index >= 15 is 0 Å². The second-order valence-corrected chi connectivity index (χ2v) is 13.3. The second-order valence-electron chi connectivity index (χ2n) is 11.3. The smallest absolute Gasteiger partial charge is 0.243 e. The van der Waals surface area contributed by atoms with Gasteiger partial charge in [-0.05, 0) is 61.2 Å². The number of hydrogen-bond acceptors (Lipinski definition) is 6. The monoisotopic (exact) mass is 543 g/mol. The molecular weight excluding hydrogens is 506 g/mol. The van der Waals surface area contributed by atoms with Crippen LogP contribution in [0.5, 0.6) is 0 Å². The summed E-state index contributed by atoms with van der Waals surface area (Å²) in [6, 6.07) is 23.5. The van der Waals surface area contributed by atoms with Gasteiger partial charge in [-0.1, -0.05) is 62.7 Å². The van der Waals surface area contributed by atoms with Gasteiger partial charge in [0.1, 0.15) is 11.6 Å². The van der Waals surface area contributed by atoms with Crippen molar-refractivity contribution < 1.29 is 8.42 Å². The van der Waals surface area contributed by atoms with Crippen LogP contribution >= 0.6 is 0 Å². The van der Waals surface area contributed by atoms with E-state index in [0.29, 0.717) is 31.1 Å². The van der Waals surface area contributed by atoms with Crippen molar-refractivity contribution in [2.45, 2.75) is 51.0 Å². The van der Waals surface area contributed by atoms with Gasteiger partial charge in [0.25, 0.3) is 0 Å². The van der Waals surface area contributed by atoms with Gasteiger partial charge in [-0.2, -0.15) is 4.31 Å². The molecule has 0 amide bonds. The number of sulfonamides is 1. The minimum absolute atomic E-state index is 0.0234. The van der Waals surface area contributed by atoms with Crippen molar-refractivity contribution in [3.8, 4) is 0 Å². The van der Waals surface area contributed by atoms with Gasteiger partial charge in [0, 0.05) is 37.3 Å². The Morgan fingerprint density at radius 1 is 0.846 bits per heavy atom. The summed E-state index contributed by atoms with van der Waals surface area (Å²) in [5.74, 6) is 1.49. The van der Waals surface area contributed by atoms with Crippen molar-refractivity contribution in [3.05, 3.63) is 89.7 Å². The van der Waals surface area contributed by atoms with E-state index in [0.717, 1.165) is 33.8 Å². The Balaban J connectivity index is 1.32. The lowest BCUT2D eigenvalue weighted by Gasteiger charge is -2.37. The van der Waals surface area contributed by atoms with Crippen LogP contribution in [0, 0.1) is 6.92 Å². The zero-order chi connectivity index (χ0) is 27.8. The van der Waals surface area contributed by atoms with Crippen molar-refractivity contribution in [1.29, 1.82) is 0 Å². The first kappa shape index (κ1) is 27.2. The average Bonchev–Trinajstić information content (AvgIpc) is 2.93. The maximum Gasteiger partial charge on any atom is 0.243 e. The number of hydrogen-bond donors (Lipinski definition) is 1. The number of nitrogens with one attached hydrogen (secondary N) is 1. The number of para-hydroxylation sites is 1. The highest BCUT2D eigenvalue weighted by molar-refractivity contribution is 7.89. The maximum absolute atomic E-state index is 13.4. The summed E-state index contributed by atoms with van der Waals surface area (Å²) in [6.07, 6.45) is 0.